The second-order valence-corrected chi connectivity index (χ2v) is 1.30. The van der Waals surface area contributed by atoms with E-state index in [0.717, 1.165) is 6.54 Å². The van der Waals surface area contributed by atoms with Crippen LogP contribution in [-0.4, -0.2) is 18.3 Å². The molecule has 0 atom stereocenters. The van der Waals surface area contributed by atoms with Crippen molar-refractivity contribution < 1.29 is 4.84 Å². The third-order valence-corrected chi connectivity index (χ3v) is 0.792. The van der Waals surface area contributed by atoms with Gasteiger partial charge in [-0.3, -0.25) is 0 Å². The summed E-state index contributed by atoms with van der Waals surface area (Å²) in [5, 5.41) is 1.54. The maximum atomic E-state index is 6.76. The first-order valence-electron chi connectivity index (χ1n) is 2.15. The molecular weight excluding hydrogens is 92.1 g/mol. The van der Waals surface area contributed by atoms with Crippen LogP contribution in [0.5, 0.6) is 0 Å². The zero-order valence-electron chi connectivity index (χ0n) is 3.92. The number of rotatable bonds is 1. The van der Waals surface area contributed by atoms with E-state index < -0.39 is 0 Å². The Morgan fingerprint density at radius 1 is 1.86 bits per heavy atom. The molecule has 3 nitrogen and oxygen atoms in total. The lowest BCUT2D eigenvalue weighted by molar-refractivity contribution is -0.0745. The number of hydrogen-bond acceptors (Lipinski definition) is 2. The zero-order valence-corrected chi connectivity index (χ0v) is 3.92. The van der Waals surface area contributed by atoms with E-state index >= 15 is 0 Å². The predicted octanol–water partition coefficient (Wildman–Crippen LogP) is -0.0123. The van der Waals surface area contributed by atoms with Gasteiger partial charge in [-0.05, 0) is 6.08 Å². The highest BCUT2D eigenvalue weighted by molar-refractivity contribution is 4.80. The van der Waals surface area contributed by atoms with Crippen LogP contribution in [0.15, 0.2) is 12.3 Å². The van der Waals surface area contributed by atoms with Gasteiger partial charge < -0.3 is 4.84 Å². The lowest BCUT2D eigenvalue weighted by atomic mass is 10.6. The minimum absolute atomic E-state index is 0.215. The molecule has 0 saturated carbocycles. The topological polar surface area (TPSA) is 36.3 Å². The monoisotopic (exact) mass is 99.1 g/mol. The second kappa shape index (κ2) is 1.95. The van der Waals surface area contributed by atoms with Crippen molar-refractivity contribution in [3.8, 4) is 0 Å². The molecule has 1 radical (unpaired) electrons. The van der Waals surface area contributed by atoms with Gasteiger partial charge in [0, 0.05) is 0 Å². The molecule has 0 aromatic rings. The molecule has 0 saturated heterocycles. The van der Waals surface area contributed by atoms with Crippen LogP contribution in [0.3, 0.4) is 0 Å². The summed E-state index contributed by atoms with van der Waals surface area (Å²) in [6.45, 7) is 0.969. The van der Waals surface area contributed by atoms with Crippen LogP contribution >= 0.6 is 0 Å². The summed E-state index contributed by atoms with van der Waals surface area (Å²) in [5.74, 6) is 0. The van der Waals surface area contributed by atoms with Crippen molar-refractivity contribution in [2.45, 2.75) is 0 Å². The van der Waals surface area contributed by atoms with Gasteiger partial charge in [-0.1, -0.05) is 0 Å². The van der Waals surface area contributed by atoms with Gasteiger partial charge in [-0.25, -0.2) is 5.73 Å². The van der Waals surface area contributed by atoms with E-state index in [1.54, 1.807) is 11.3 Å². The summed E-state index contributed by atoms with van der Waals surface area (Å²) in [4.78, 5) is 4.77. The molecule has 7 heavy (non-hydrogen) atoms. The summed E-state index contributed by atoms with van der Waals surface area (Å²) in [6.07, 6.45) is 3.46. The lowest BCUT2D eigenvalue weighted by Crippen LogP contribution is -2.19. The Bertz CT molecular complexity index is 73.8. The highest BCUT2D eigenvalue weighted by Crippen LogP contribution is 1.96. The fourth-order valence-corrected chi connectivity index (χ4v) is 0.435. The number of hydroxylamine groups is 2. The Labute approximate surface area is 42.3 Å². The third-order valence-electron chi connectivity index (χ3n) is 0.792. The highest BCUT2D eigenvalue weighted by Gasteiger charge is 2.02. The average molecular weight is 99.1 g/mol. The first kappa shape index (κ1) is 4.61. The van der Waals surface area contributed by atoms with Gasteiger partial charge in [0.15, 0.2) is 0 Å². The third kappa shape index (κ3) is 0.913. The molecule has 1 rings (SSSR count). The molecule has 0 aromatic carbocycles. The van der Waals surface area contributed by atoms with Gasteiger partial charge in [0.05, 0.1) is 13.2 Å². The van der Waals surface area contributed by atoms with Crippen LogP contribution in [0.25, 0.3) is 0 Å². The van der Waals surface area contributed by atoms with E-state index in [4.69, 9.17) is 10.6 Å². The molecule has 0 aliphatic carbocycles. The van der Waals surface area contributed by atoms with E-state index in [9.17, 15) is 0 Å². The maximum Gasteiger partial charge on any atom is 0.109 e. The van der Waals surface area contributed by atoms with Crippen molar-refractivity contribution in [1.29, 1.82) is 0 Å². The Balaban J connectivity index is 2.22. The maximum absolute atomic E-state index is 6.76. The fourth-order valence-electron chi connectivity index (χ4n) is 0.435. The first-order chi connectivity index (χ1) is 3.43. The quantitative estimate of drug-likeness (QED) is 0.463. The summed E-state index contributed by atoms with van der Waals surface area (Å²) in [6, 6.07) is 0. The molecule has 0 unspecified atom stereocenters. The number of nitrogens with zero attached hydrogens (tertiary/aromatic N) is 1. The van der Waals surface area contributed by atoms with Crippen molar-refractivity contribution in [3.05, 3.63) is 12.3 Å². The molecule has 0 aromatic heterocycles. The molecule has 0 fully saturated rings. The van der Waals surface area contributed by atoms with Crippen LogP contribution < -0.4 is 5.73 Å². The summed E-state index contributed by atoms with van der Waals surface area (Å²) < 4.78 is 0. The summed E-state index contributed by atoms with van der Waals surface area (Å²) >= 11 is 0. The van der Waals surface area contributed by atoms with E-state index in [1.165, 1.54) is 0 Å². The molecule has 0 bridgehead atoms. The fraction of sp³-hybridized carbons (Fsp3) is 0.500. The van der Waals surface area contributed by atoms with Crippen LogP contribution in [0.4, 0.5) is 0 Å². The van der Waals surface area contributed by atoms with Gasteiger partial charge in [0.1, 0.15) is 6.26 Å². The largest absolute Gasteiger partial charge is 0.412 e. The van der Waals surface area contributed by atoms with Crippen LogP contribution in [-0.2, 0) is 4.84 Å². The first-order valence-corrected chi connectivity index (χ1v) is 2.15. The SMILES string of the molecule is [NH]CN1CC=CO1. The lowest BCUT2D eigenvalue weighted by Gasteiger charge is -2.07. The van der Waals surface area contributed by atoms with Gasteiger partial charge in [-0.15, -0.1) is 5.06 Å². The molecular formula is C4H7N2O. The van der Waals surface area contributed by atoms with Crippen molar-refractivity contribution in [3.63, 3.8) is 0 Å². The van der Waals surface area contributed by atoms with Crippen molar-refractivity contribution in [2.75, 3.05) is 13.2 Å². The predicted molar refractivity (Wildman–Crippen MR) is 24.9 cm³/mol. The Hall–Kier alpha value is -0.540. The van der Waals surface area contributed by atoms with E-state index in [1.807, 2.05) is 6.08 Å². The van der Waals surface area contributed by atoms with Crippen molar-refractivity contribution >= 4 is 0 Å². The molecule has 1 aliphatic heterocycles. The van der Waals surface area contributed by atoms with Gasteiger partial charge in [0.2, 0.25) is 0 Å². The van der Waals surface area contributed by atoms with E-state index in [2.05, 4.69) is 0 Å². The minimum atomic E-state index is 0.215. The molecule has 1 heterocycles. The smallest absolute Gasteiger partial charge is 0.109 e. The standard InChI is InChI=1S/C4H7N2O/c5-4-6-2-1-3-7-6/h1,3,5H,2,4H2. The molecule has 0 amide bonds. The van der Waals surface area contributed by atoms with Gasteiger partial charge in [0.25, 0.3) is 0 Å². The Morgan fingerprint density at radius 3 is 3.00 bits per heavy atom. The average Bonchev–Trinajstić information content (AvgIpc) is 2.14. The van der Waals surface area contributed by atoms with Gasteiger partial charge in [-0.2, -0.15) is 0 Å². The highest BCUT2D eigenvalue weighted by atomic mass is 16.7. The molecule has 3 heteroatoms. The van der Waals surface area contributed by atoms with E-state index in [0.29, 0.717) is 0 Å². The van der Waals surface area contributed by atoms with Crippen LogP contribution in [0.1, 0.15) is 0 Å². The van der Waals surface area contributed by atoms with Crippen LogP contribution in [0, 0.1) is 0 Å². The van der Waals surface area contributed by atoms with Crippen molar-refractivity contribution in [2.24, 2.45) is 0 Å². The van der Waals surface area contributed by atoms with E-state index in [-0.39, 0.29) is 6.67 Å². The number of nitrogens with one attached hydrogen (secondary N) is 1. The Morgan fingerprint density at radius 2 is 2.71 bits per heavy atom. The van der Waals surface area contributed by atoms with Gasteiger partial charge >= 0.3 is 0 Å². The normalized spacial score (nSPS) is 20.1. The summed E-state index contributed by atoms with van der Waals surface area (Å²) in [7, 11) is 0. The van der Waals surface area contributed by atoms with Crippen LogP contribution in [0.2, 0.25) is 0 Å². The Kier molecular flexibility index (Phi) is 1.29. The zero-order chi connectivity index (χ0) is 5.11. The molecule has 1 N–H and O–H groups in total. The molecule has 39 valence electrons. The molecule has 0 spiro atoms. The second-order valence-electron chi connectivity index (χ2n) is 1.30. The van der Waals surface area contributed by atoms with Crippen molar-refractivity contribution in [1.82, 2.24) is 10.8 Å². The molecule has 1 aliphatic rings. The summed E-state index contributed by atoms with van der Waals surface area (Å²) in [5.41, 5.74) is 6.76. The number of hydrogen-bond donors (Lipinski definition) is 0. The minimum Gasteiger partial charge on any atom is -0.412 e.